The fourth-order valence-electron chi connectivity index (χ4n) is 2.34. The van der Waals surface area contributed by atoms with Gasteiger partial charge in [-0.3, -0.25) is 4.79 Å². The number of hydrogen-bond acceptors (Lipinski definition) is 4. The summed E-state index contributed by atoms with van der Waals surface area (Å²) in [6, 6.07) is 5.08. The van der Waals surface area contributed by atoms with Crippen LogP contribution in [0, 0.1) is 0 Å². The summed E-state index contributed by atoms with van der Waals surface area (Å²) in [4.78, 5) is 24.5. The number of benzene rings is 1. The van der Waals surface area contributed by atoms with E-state index in [1.165, 1.54) is 25.1 Å². The first-order valence-corrected chi connectivity index (χ1v) is 8.24. The number of carboxylic acids is 1. The molecule has 7 heteroatoms. The molecule has 6 nitrogen and oxygen atoms in total. The summed E-state index contributed by atoms with van der Waals surface area (Å²) in [5.74, 6) is -1.63. The third-order valence-corrected chi connectivity index (χ3v) is 5.68. The highest BCUT2D eigenvalue weighted by Crippen LogP contribution is 2.20. The summed E-state index contributed by atoms with van der Waals surface area (Å²) >= 11 is 0. The number of aromatic carboxylic acids is 1. The molecule has 0 aliphatic carbocycles. The fourth-order valence-corrected chi connectivity index (χ4v) is 3.72. The molecule has 1 fully saturated rings. The molecule has 1 amide bonds. The van der Waals surface area contributed by atoms with Crippen LogP contribution in [0.15, 0.2) is 29.2 Å². The first-order valence-electron chi connectivity index (χ1n) is 6.70. The lowest BCUT2D eigenvalue weighted by Gasteiger charge is -2.20. The maximum Gasteiger partial charge on any atom is 0.335 e. The van der Waals surface area contributed by atoms with Crippen LogP contribution in [0.2, 0.25) is 0 Å². The summed E-state index contributed by atoms with van der Waals surface area (Å²) in [5.41, 5.74) is -0.114. The van der Waals surface area contributed by atoms with Crippen molar-refractivity contribution in [2.75, 3.05) is 13.1 Å². The van der Waals surface area contributed by atoms with Gasteiger partial charge >= 0.3 is 5.97 Å². The summed E-state index contributed by atoms with van der Waals surface area (Å²) in [6.45, 7) is 2.51. The minimum Gasteiger partial charge on any atom is -0.478 e. The zero-order valence-electron chi connectivity index (χ0n) is 11.7. The zero-order chi connectivity index (χ0) is 15.6. The Balaban J connectivity index is 2.30. The molecule has 0 radical (unpaired) electrons. The van der Waals surface area contributed by atoms with E-state index in [2.05, 4.69) is 0 Å². The molecule has 1 aromatic carbocycles. The average Bonchev–Trinajstić information content (AvgIpc) is 3.00. The number of rotatable bonds is 4. The highest BCUT2D eigenvalue weighted by molar-refractivity contribution is 7.92. The molecule has 21 heavy (non-hydrogen) atoms. The molecule has 0 spiro atoms. The summed E-state index contributed by atoms with van der Waals surface area (Å²) < 4.78 is 24.9. The van der Waals surface area contributed by atoms with Gasteiger partial charge < -0.3 is 10.0 Å². The Labute approximate surface area is 123 Å². The van der Waals surface area contributed by atoms with Gasteiger partial charge in [-0.25, -0.2) is 13.2 Å². The molecule has 1 N–H and O–H groups in total. The first-order chi connectivity index (χ1) is 9.84. The number of carboxylic acid groups (broad SMARTS) is 1. The molecule has 1 aliphatic rings. The first kappa shape index (κ1) is 15.5. The van der Waals surface area contributed by atoms with Crippen molar-refractivity contribution in [1.29, 1.82) is 0 Å². The average molecular weight is 311 g/mol. The normalized spacial score (nSPS) is 16.7. The molecule has 0 saturated carbocycles. The Kier molecular flexibility index (Phi) is 4.32. The Morgan fingerprint density at radius 3 is 2.43 bits per heavy atom. The van der Waals surface area contributed by atoms with E-state index in [1.807, 2.05) is 0 Å². The van der Waals surface area contributed by atoms with Gasteiger partial charge in [0.2, 0.25) is 5.91 Å². The predicted octanol–water partition coefficient (Wildman–Crippen LogP) is 1.17. The minimum absolute atomic E-state index is 0.114. The van der Waals surface area contributed by atoms with Crippen LogP contribution in [-0.2, 0) is 14.6 Å². The second kappa shape index (κ2) is 5.85. The number of hydrogen-bond donors (Lipinski definition) is 1. The Morgan fingerprint density at radius 1 is 1.24 bits per heavy atom. The Hall–Kier alpha value is -1.89. The zero-order valence-corrected chi connectivity index (χ0v) is 12.5. The lowest BCUT2D eigenvalue weighted by molar-refractivity contribution is -0.129. The van der Waals surface area contributed by atoms with Crippen molar-refractivity contribution in [1.82, 2.24) is 4.90 Å². The van der Waals surface area contributed by atoms with Gasteiger partial charge in [-0.1, -0.05) is 6.07 Å². The van der Waals surface area contributed by atoms with Gasteiger partial charge in [-0.05, 0) is 38.0 Å². The number of likely N-dealkylation sites (tertiary alicyclic amines) is 1. The van der Waals surface area contributed by atoms with E-state index in [9.17, 15) is 18.0 Å². The van der Waals surface area contributed by atoms with E-state index in [1.54, 1.807) is 4.90 Å². The topological polar surface area (TPSA) is 91.8 Å². The van der Waals surface area contributed by atoms with E-state index < -0.39 is 27.0 Å². The van der Waals surface area contributed by atoms with Crippen molar-refractivity contribution in [2.24, 2.45) is 0 Å². The van der Waals surface area contributed by atoms with Crippen molar-refractivity contribution in [2.45, 2.75) is 29.9 Å². The van der Waals surface area contributed by atoms with Gasteiger partial charge in [-0.15, -0.1) is 0 Å². The van der Waals surface area contributed by atoms with Crippen LogP contribution >= 0.6 is 0 Å². The third kappa shape index (κ3) is 3.07. The van der Waals surface area contributed by atoms with Crippen molar-refractivity contribution in [3.8, 4) is 0 Å². The lowest BCUT2D eigenvalue weighted by atomic mass is 10.2. The van der Waals surface area contributed by atoms with Crippen molar-refractivity contribution >= 4 is 21.7 Å². The molecule has 1 saturated heterocycles. The van der Waals surface area contributed by atoms with Gasteiger partial charge in [-0.2, -0.15) is 0 Å². The fraction of sp³-hybridized carbons (Fsp3) is 0.429. The number of nitrogens with zero attached hydrogens (tertiary/aromatic N) is 1. The molecule has 0 bridgehead atoms. The second-order valence-electron chi connectivity index (χ2n) is 5.05. The maximum atomic E-state index is 12.5. The molecule has 1 aliphatic heterocycles. The molecule has 1 unspecified atom stereocenters. The molecule has 0 aromatic heterocycles. The van der Waals surface area contributed by atoms with E-state index in [4.69, 9.17) is 5.11 Å². The van der Waals surface area contributed by atoms with Gasteiger partial charge in [0.05, 0.1) is 10.5 Å². The quantitative estimate of drug-likeness (QED) is 0.901. The van der Waals surface area contributed by atoms with E-state index in [-0.39, 0.29) is 10.5 Å². The lowest BCUT2D eigenvalue weighted by Crippen LogP contribution is -2.39. The van der Waals surface area contributed by atoms with Gasteiger partial charge in [0.15, 0.2) is 9.84 Å². The molecule has 2 rings (SSSR count). The van der Waals surface area contributed by atoms with Crippen LogP contribution in [0.5, 0.6) is 0 Å². The highest BCUT2D eigenvalue weighted by atomic mass is 32.2. The Morgan fingerprint density at radius 2 is 1.86 bits per heavy atom. The highest BCUT2D eigenvalue weighted by Gasteiger charge is 2.34. The van der Waals surface area contributed by atoms with Gasteiger partial charge in [0, 0.05) is 13.1 Å². The van der Waals surface area contributed by atoms with E-state index >= 15 is 0 Å². The molecular formula is C14H17NO5S. The summed E-state index contributed by atoms with van der Waals surface area (Å²) in [5, 5.41) is 7.72. The minimum atomic E-state index is -3.89. The van der Waals surface area contributed by atoms with Crippen LogP contribution in [0.4, 0.5) is 0 Å². The van der Waals surface area contributed by atoms with Crippen LogP contribution < -0.4 is 0 Å². The molecular weight excluding hydrogens is 294 g/mol. The number of carbonyl (C=O) groups is 2. The molecule has 1 aromatic rings. The van der Waals surface area contributed by atoms with Crippen molar-refractivity contribution in [3.05, 3.63) is 29.8 Å². The summed E-state index contributed by atoms with van der Waals surface area (Å²) in [7, 11) is -3.89. The second-order valence-corrected chi connectivity index (χ2v) is 7.32. The van der Waals surface area contributed by atoms with E-state index in [0.717, 1.165) is 18.9 Å². The Bertz CT molecular complexity index is 662. The van der Waals surface area contributed by atoms with Crippen molar-refractivity contribution in [3.63, 3.8) is 0 Å². The van der Waals surface area contributed by atoms with Gasteiger partial charge in [0.1, 0.15) is 5.25 Å². The predicted molar refractivity (Wildman–Crippen MR) is 75.9 cm³/mol. The summed E-state index contributed by atoms with van der Waals surface area (Å²) in [6.07, 6.45) is 1.76. The third-order valence-electron chi connectivity index (χ3n) is 3.64. The smallest absolute Gasteiger partial charge is 0.335 e. The standard InChI is InChI=1S/C14H17NO5S/c1-10(13(16)15-7-2-3-8-15)21(19,20)12-6-4-5-11(9-12)14(17)18/h4-6,9-10H,2-3,7-8H2,1H3,(H,17,18). The number of sulfone groups is 1. The SMILES string of the molecule is CC(C(=O)N1CCCC1)S(=O)(=O)c1cccc(C(=O)O)c1. The maximum absolute atomic E-state index is 12.5. The van der Waals surface area contributed by atoms with Crippen LogP contribution in [-0.4, -0.2) is 48.6 Å². The number of carbonyl (C=O) groups excluding carboxylic acids is 1. The van der Waals surface area contributed by atoms with Crippen molar-refractivity contribution < 1.29 is 23.1 Å². The van der Waals surface area contributed by atoms with Gasteiger partial charge in [0.25, 0.3) is 0 Å². The molecule has 1 atom stereocenters. The van der Waals surface area contributed by atoms with Crippen LogP contribution in [0.3, 0.4) is 0 Å². The van der Waals surface area contributed by atoms with E-state index in [0.29, 0.717) is 13.1 Å². The van der Waals surface area contributed by atoms with Crippen LogP contribution in [0.1, 0.15) is 30.1 Å². The van der Waals surface area contributed by atoms with Crippen LogP contribution in [0.25, 0.3) is 0 Å². The molecule has 114 valence electrons. The largest absolute Gasteiger partial charge is 0.478 e. The number of amides is 1. The molecule has 1 heterocycles. The monoisotopic (exact) mass is 311 g/mol.